The molecule has 25 heavy (non-hydrogen) atoms. The molecule has 0 aromatic rings. The van der Waals surface area contributed by atoms with E-state index in [2.05, 4.69) is 15.6 Å². The summed E-state index contributed by atoms with van der Waals surface area (Å²) < 4.78 is 0. The molecule has 0 unspecified atom stereocenters. The fraction of sp³-hybridized carbons (Fsp3) is 0.750. The molecule has 9 nitrogen and oxygen atoms in total. The molecular formula is C16H32N6O3. The van der Waals surface area contributed by atoms with E-state index in [1.807, 2.05) is 0 Å². The molecule has 2 N–H and O–H groups in total. The highest BCUT2D eigenvalue weighted by molar-refractivity contribution is 5.83. The number of nitrogens with one attached hydrogen (secondary N) is 2. The molecule has 0 aliphatic rings. The molecule has 0 spiro atoms. The number of rotatable bonds is 9. The molecule has 0 rings (SSSR count). The molecule has 3 amide bonds. The minimum absolute atomic E-state index is 0.00586. The molecule has 9 heteroatoms. The number of carbonyl (C=O) groups excluding carboxylic acids is 3. The highest BCUT2D eigenvalue weighted by Crippen LogP contribution is 1.90. The number of amides is 3. The number of hydrogen-bond acceptors (Lipinski definition) is 4. The Morgan fingerprint density at radius 3 is 1.40 bits per heavy atom. The van der Waals surface area contributed by atoms with Crippen molar-refractivity contribution in [2.75, 3.05) is 61.9 Å². The van der Waals surface area contributed by atoms with E-state index in [4.69, 9.17) is 0 Å². The smallest absolute Gasteiger partial charge is 0.223 e. The van der Waals surface area contributed by atoms with Gasteiger partial charge in [-0.15, -0.1) is 0 Å². The lowest BCUT2D eigenvalue weighted by molar-refractivity contribution is -0.129. The van der Waals surface area contributed by atoms with E-state index in [-0.39, 0.29) is 17.7 Å². The van der Waals surface area contributed by atoms with Crippen LogP contribution in [0.5, 0.6) is 0 Å². The van der Waals surface area contributed by atoms with Crippen LogP contribution in [0.2, 0.25) is 0 Å². The van der Waals surface area contributed by atoms with Gasteiger partial charge in [0, 0.05) is 74.6 Å². The summed E-state index contributed by atoms with van der Waals surface area (Å²) in [6.07, 6.45) is 0.967. The average molecular weight is 356 g/mol. The summed E-state index contributed by atoms with van der Waals surface area (Å²) in [5.74, 6) is 0.508. The largest absolute Gasteiger partial charge is 0.356 e. The first-order valence-corrected chi connectivity index (χ1v) is 8.27. The molecule has 0 fully saturated rings. The van der Waals surface area contributed by atoms with E-state index < -0.39 is 0 Å². The monoisotopic (exact) mass is 356 g/mol. The highest BCUT2D eigenvalue weighted by Gasteiger charge is 2.08. The van der Waals surface area contributed by atoms with Gasteiger partial charge >= 0.3 is 0 Å². The van der Waals surface area contributed by atoms with Crippen LogP contribution in [0.4, 0.5) is 0 Å². The molecule has 0 saturated heterocycles. The molecule has 144 valence electrons. The number of guanidine groups is 1. The Labute approximate surface area is 150 Å². The van der Waals surface area contributed by atoms with Crippen molar-refractivity contribution >= 4 is 23.7 Å². The van der Waals surface area contributed by atoms with Crippen LogP contribution in [0.3, 0.4) is 0 Å². The third-order valence-electron chi connectivity index (χ3n) is 3.35. The van der Waals surface area contributed by atoms with Gasteiger partial charge in [-0.05, 0) is 0 Å². The number of carbonyl (C=O) groups is 3. The highest BCUT2D eigenvalue weighted by atomic mass is 16.2. The Morgan fingerprint density at radius 2 is 1.04 bits per heavy atom. The number of aliphatic imine (C=N–C) groups is 1. The lowest BCUT2D eigenvalue weighted by Gasteiger charge is -2.15. The summed E-state index contributed by atoms with van der Waals surface area (Å²) in [7, 11) is 10.2. The van der Waals surface area contributed by atoms with Crippen LogP contribution in [0.15, 0.2) is 4.99 Å². The lowest BCUT2D eigenvalue weighted by atomic mass is 10.3. The van der Waals surface area contributed by atoms with E-state index in [1.54, 1.807) is 42.3 Å². The summed E-state index contributed by atoms with van der Waals surface area (Å²) in [5, 5.41) is 6.11. The van der Waals surface area contributed by atoms with Gasteiger partial charge in [-0.2, -0.15) is 0 Å². The van der Waals surface area contributed by atoms with Gasteiger partial charge in [0.25, 0.3) is 0 Å². The van der Waals surface area contributed by atoms with Crippen molar-refractivity contribution in [3.05, 3.63) is 0 Å². The number of nitrogens with zero attached hydrogens (tertiary/aromatic N) is 4. The molecule has 0 saturated carbocycles. The van der Waals surface area contributed by atoms with Crippen LogP contribution < -0.4 is 10.6 Å². The molecule has 0 aliphatic carbocycles. The second kappa shape index (κ2) is 12.1. The zero-order valence-electron chi connectivity index (χ0n) is 16.3. The fourth-order valence-electron chi connectivity index (χ4n) is 1.68. The van der Waals surface area contributed by atoms with Gasteiger partial charge < -0.3 is 25.3 Å². The molecule has 0 aliphatic heterocycles. The van der Waals surface area contributed by atoms with Crippen molar-refractivity contribution in [2.45, 2.75) is 19.3 Å². The van der Waals surface area contributed by atoms with Crippen LogP contribution in [0.1, 0.15) is 19.3 Å². The van der Waals surface area contributed by atoms with E-state index in [0.717, 1.165) is 0 Å². The van der Waals surface area contributed by atoms with Crippen LogP contribution in [0.25, 0.3) is 0 Å². The van der Waals surface area contributed by atoms with Crippen molar-refractivity contribution in [1.82, 2.24) is 25.3 Å². The number of hydrogen-bond donors (Lipinski definition) is 2. The third kappa shape index (κ3) is 11.0. The van der Waals surface area contributed by atoms with Crippen LogP contribution in [0, 0.1) is 0 Å². The van der Waals surface area contributed by atoms with Gasteiger partial charge in [0.15, 0.2) is 5.96 Å². The van der Waals surface area contributed by atoms with Crippen molar-refractivity contribution < 1.29 is 14.4 Å². The summed E-state index contributed by atoms with van der Waals surface area (Å²) in [6.45, 7) is 1.17. The first kappa shape index (κ1) is 22.7. The maximum absolute atomic E-state index is 11.6. The molecule has 0 heterocycles. The molecular weight excluding hydrogens is 324 g/mol. The van der Waals surface area contributed by atoms with Crippen LogP contribution >= 0.6 is 0 Å². The molecule has 0 atom stereocenters. The van der Waals surface area contributed by atoms with Crippen molar-refractivity contribution in [3.63, 3.8) is 0 Å². The zero-order valence-corrected chi connectivity index (χ0v) is 16.3. The van der Waals surface area contributed by atoms with Crippen molar-refractivity contribution in [3.8, 4) is 0 Å². The summed E-state index contributed by atoms with van der Waals surface area (Å²) in [5.41, 5.74) is 0. The predicted octanol–water partition coefficient (Wildman–Crippen LogP) is -1.04. The van der Waals surface area contributed by atoms with Crippen LogP contribution in [-0.2, 0) is 14.4 Å². The Morgan fingerprint density at radius 1 is 0.680 bits per heavy atom. The van der Waals surface area contributed by atoms with E-state index in [1.165, 1.54) is 14.7 Å². The molecule has 0 bridgehead atoms. The van der Waals surface area contributed by atoms with Gasteiger partial charge in [-0.3, -0.25) is 19.4 Å². The van der Waals surface area contributed by atoms with E-state index in [9.17, 15) is 14.4 Å². The second-order valence-corrected chi connectivity index (χ2v) is 6.20. The molecule has 0 aromatic heterocycles. The first-order chi connectivity index (χ1) is 11.6. The minimum Gasteiger partial charge on any atom is -0.356 e. The third-order valence-corrected chi connectivity index (χ3v) is 3.35. The maximum Gasteiger partial charge on any atom is 0.223 e. The summed E-state index contributed by atoms with van der Waals surface area (Å²) >= 11 is 0. The lowest BCUT2D eigenvalue weighted by Crippen LogP contribution is -2.41. The van der Waals surface area contributed by atoms with Gasteiger partial charge in [-0.25, -0.2) is 0 Å². The topological polar surface area (TPSA) is 97.4 Å². The maximum atomic E-state index is 11.6. The van der Waals surface area contributed by atoms with Gasteiger partial charge in [-0.1, -0.05) is 0 Å². The predicted molar refractivity (Wildman–Crippen MR) is 98.2 cm³/mol. The molecule has 0 aromatic carbocycles. The van der Waals surface area contributed by atoms with E-state index in [0.29, 0.717) is 44.9 Å². The Balaban J connectivity index is 4.50. The van der Waals surface area contributed by atoms with Crippen LogP contribution in [-0.4, -0.2) is 100 Å². The Kier molecular flexibility index (Phi) is 11.0. The van der Waals surface area contributed by atoms with Gasteiger partial charge in [0.1, 0.15) is 0 Å². The second-order valence-electron chi connectivity index (χ2n) is 6.20. The first-order valence-electron chi connectivity index (χ1n) is 8.27. The summed E-state index contributed by atoms with van der Waals surface area (Å²) in [6, 6.07) is 0. The van der Waals surface area contributed by atoms with Crippen molar-refractivity contribution in [2.24, 2.45) is 4.99 Å². The average Bonchev–Trinajstić information content (AvgIpc) is 2.53. The molecule has 0 radical (unpaired) electrons. The summed E-state index contributed by atoms with van der Waals surface area (Å²) in [4.78, 5) is 43.7. The standard InChI is InChI=1S/C16H32N6O3/c1-20(2)13(23)7-10-17-16(18-11-8-14(24)21(3)4)19-12-9-15(25)22(5)6/h7-12H2,1-6H3,(H2,17,18,19). The Bertz CT molecular complexity index is 446. The fourth-order valence-corrected chi connectivity index (χ4v) is 1.68. The van der Waals surface area contributed by atoms with Gasteiger partial charge in [0.05, 0.1) is 6.54 Å². The van der Waals surface area contributed by atoms with E-state index >= 15 is 0 Å². The SMILES string of the molecule is CN(C)C(=O)CCN=C(NCCC(=O)N(C)C)NCCC(=O)N(C)C. The van der Waals surface area contributed by atoms with Gasteiger partial charge in [0.2, 0.25) is 17.7 Å². The van der Waals surface area contributed by atoms with Crippen molar-refractivity contribution in [1.29, 1.82) is 0 Å². The minimum atomic E-state index is -0.00586. The zero-order chi connectivity index (χ0) is 19.4. The quantitative estimate of drug-likeness (QED) is 0.406. The Hall–Kier alpha value is -2.32. The normalized spacial score (nSPS) is 9.84.